The number of benzene rings is 2. The largest absolute Gasteiger partial charge is 0.507 e. The molecule has 0 spiro atoms. The van der Waals surface area contributed by atoms with E-state index in [-0.39, 0.29) is 17.5 Å². The molecule has 3 aromatic rings. The zero-order valence-corrected chi connectivity index (χ0v) is 17.5. The molecule has 0 saturated carbocycles. The van der Waals surface area contributed by atoms with Crippen LogP contribution < -0.4 is 21.7 Å². The highest BCUT2D eigenvalue weighted by Crippen LogP contribution is 2.34. The molecule has 1 saturated heterocycles. The number of phenolic OH excluding ortho intramolecular Hbond substituents is 1. The monoisotopic (exact) mass is 422 g/mol. The third-order valence-corrected chi connectivity index (χ3v) is 5.68. The number of halogens is 1. The van der Waals surface area contributed by atoms with E-state index in [4.69, 9.17) is 11.5 Å². The minimum atomic E-state index is -0.343. The first-order valence-corrected chi connectivity index (χ1v) is 10.4. The Hall–Kier alpha value is -3.39. The number of aryl methyl sites for hydroxylation is 1. The zero-order valence-electron chi connectivity index (χ0n) is 17.5. The molecule has 1 fully saturated rings. The number of phenols is 1. The van der Waals surface area contributed by atoms with Crippen LogP contribution in [0.3, 0.4) is 0 Å². The van der Waals surface area contributed by atoms with Gasteiger partial charge in [0.25, 0.3) is 0 Å². The van der Waals surface area contributed by atoms with Crippen LogP contribution in [0.5, 0.6) is 5.75 Å². The summed E-state index contributed by atoms with van der Waals surface area (Å²) in [6.45, 7) is 4.22. The molecular weight excluding hydrogens is 395 g/mol. The molecule has 31 heavy (non-hydrogen) atoms. The predicted octanol–water partition coefficient (Wildman–Crippen LogP) is 3.80. The van der Waals surface area contributed by atoms with Crippen LogP contribution in [0.2, 0.25) is 0 Å². The van der Waals surface area contributed by atoms with E-state index in [2.05, 4.69) is 20.2 Å². The Morgan fingerprint density at radius 3 is 2.61 bits per heavy atom. The van der Waals surface area contributed by atoms with Gasteiger partial charge in [-0.3, -0.25) is 0 Å². The van der Waals surface area contributed by atoms with Gasteiger partial charge in [0.2, 0.25) is 5.95 Å². The number of nitrogens with two attached hydrogens (primary N) is 2. The highest BCUT2D eigenvalue weighted by molar-refractivity contribution is 5.76. The summed E-state index contributed by atoms with van der Waals surface area (Å²) in [5.74, 6) is 1.10. The third kappa shape index (κ3) is 4.69. The Bertz CT molecular complexity index is 1080. The first kappa shape index (κ1) is 20.9. The molecule has 0 aliphatic carbocycles. The van der Waals surface area contributed by atoms with Gasteiger partial charge in [-0.1, -0.05) is 6.07 Å². The number of nitrogen functional groups attached to an aromatic ring is 1. The van der Waals surface area contributed by atoms with Crippen LogP contribution in [0.15, 0.2) is 42.5 Å². The van der Waals surface area contributed by atoms with Crippen molar-refractivity contribution in [3.05, 3.63) is 53.8 Å². The number of hydrogen-bond acceptors (Lipinski definition) is 7. The summed E-state index contributed by atoms with van der Waals surface area (Å²) in [5, 5.41) is 13.5. The van der Waals surface area contributed by atoms with E-state index in [1.165, 1.54) is 6.07 Å². The van der Waals surface area contributed by atoms with Crippen molar-refractivity contribution in [3.8, 4) is 17.0 Å². The molecular formula is C23H27FN6O. The molecule has 0 atom stereocenters. The quantitative estimate of drug-likeness (QED) is 0.463. The fraction of sp³-hybridized carbons (Fsp3) is 0.304. The van der Waals surface area contributed by atoms with Gasteiger partial charge < -0.3 is 26.8 Å². The Labute approximate surface area is 180 Å². The highest BCUT2D eigenvalue weighted by atomic mass is 19.1. The Morgan fingerprint density at radius 2 is 1.90 bits per heavy atom. The van der Waals surface area contributed by atoms with Gasteiger partial charge in [-0.15, -0.1) is 0 Å². The van der Waals surface area contributed by atoms with Crippen molar-refractivity contribution in [1.29, 1.82) is 0 Å². The van der Waals surface area contributed by atoms with Gasteiger partial charge in [-0.05, 0) is 68.1 Å². The average Bonchev–Trinajstić information content (AvgIpc) is 2.76. The van der Waals surface area contributed by atoms with Crippen LogP contribution in [-0.4, -0.2) is 34.7 Å². The maximum Gasteiger partial charge on any atom is 0.222 e. The van der Waals surface area contributed by atoms with Gasteiger partial charge in [0.1, 0.15) is 17.4 Å². The Balaban J connectivity index is 1.63. The van der Waals surface area contributed by atoms with E-state index in [0.29, 0.717) is 35.1 Å². The van der Waals surface area contributed by atoms with Crippen LogP contribution in [0.25, 0.3) is 11.3 Å². The molecule has 0 amide bonds. The lowest BCUT2D eigenvalue weighted by atomic mass is 9.97. The molecule has 8 heteroatoms. The van der Waals surface area contributed by atoms with Gasteiger partial charge in [0.05, 0.1) is 11.4 Å². The van der Waals surface area contributed by atoms with Crippen LogP contribution in [-0.2, 0) is 0 Å². The van der Waals surface area contributed by atoms with Gasteiger partial charge in [-0.2, -0.15) is 4.98 Å². The summed E-state index contributed by atoms with van der Waals surface area (Å²) in [7, 11) is 0. The van der Waals surface area contributed by atoms with E-state index < -0.39 is 0 Å². The predicted molar refractivity (Wildman–Crippen MR) is 122 cm³/mol. The van der Waals surface area contributed by atoms with E-state index in [9.17, 15) is 9.50 Å². The lowest BCUT2D eigenvalue weighted by molar-refractivity contribution is 0.413. The number of nitrogens with zero attached hydrogens (tertiary/aromatic N) is 3. The van der Waals surface area contributed by atoms with Crippen molar-refractivity contribution in [1.82, 2.24) is 9.97 Å². The summed E-state index contributed by atoms with van der Waals surface area (Å²) in [5.41, 5.74) is 14.6. The fourth-order valence-corrected chi connectivity index (χ4v) is 3.85. The molecule has 1 aromatic heterocycles. The lowest BCUT2D eigenvalue weighted by Crippen LogP contribution is -2.36. The van der Waals surface area contributed by atoms with Crippen molar-refractivity contribution in [2.24, 2.45) is 11.7 Å². The Kier molecular flexibility index (Phi) is 5.90. The summed E-state index contributed by atoms with van der Waals surface area (Å²) in [6.07, 6.45) is 2.00. The van der Waals surface area contributed by atoms with Crippen LogP contribution >= 0.6 is 0 Å². The minimum absolute atomic E-state index is 0.0563. The minimum Gasteiger partial charge on any atom is -0.507 e. The summed E-state index contributed by atoms with van der Waals surface area (Å²) in [6, 6.07) is 11.8. The van der Waals surface area contributed by atoms with Gasteiger partial charge >= 0.3 is 0 Å². The molecule has 162 valence electrons. The molecule has 2 heterocycles. The molecule has 0 radical (unpaired) electrons. The molecule has 0 bridgehead atoms. The second-order valence-electron chi connectivity index (χ2n) is 7.98. The van der Waals surface area contributed by atoms with Crippen LogP contribution in [0.1, 0.15) is 18.4 Å². The number of aromatic nitrogens is 2. The normalized spacial score (nSPS) is 14.6. The highest BCUT2D eigenvalue weighted by Gasteiger charge is 2.21. The van der Waals surface area contributed by atoms with E-state index in [1.54, 1.807) is 24.3 Å². The third-order valence-electron chi connectivity index (χ3n) is 5.68. The second kappa shape index (κ2) is 8.77. The smallest absolute Gasteiger partial charge is 0.222 e. The number of nitrogens with one attached hydrogen (secondary N) is 1. The maximum atomic E-state index is 14.2. The topological polar surface area (TPSA) is 113 Å². The molecule has 1 aliphatic rings. The molecule has 0 unspecified atom stereocenters. The molecule has 7 nitrogen and oxygen atoms in total. The number of rotatable bonds is 5. The van der Waals surface area contributed by atoms with Gasteiger partial charge in [0, 0.05) is 30.4 Å². The fourth-order valence-electron chi connectivity index (χ4n) is 3.85. The van der Waals surface area contributed by atoms with Crippen molar-refractivity contribution >= 4 is 23.1 Å². The van der Waals surface area contributed by atoms with Crippen LogP contribution in [0.4, 0.5) is 27.5 Å². The average molecular weight is 423 g/mol. The maximum absolute atomic E-state index is 14.2. The first-order valence-electron chi connectivity index (χ1n) is 10.4. The van der Waals surface area contributed by atoms with Crippen molar-refractivity contribution in [2.75, 3.05) is 35.6 Å². The molecule has 1 aliphatic heterocycles. The summed E-state index contributed by atoms with van der Waals surface area (Å²) >= 11 is 0. The SMILES string of the molecule is Cc1ccc(Nc2ccc(O)c(-c3cc(N4CCC(CN)CC4)nc(N)n3)c2)c(F)c1. The summed E-state index contributed by atoms with van der Waals surface area (Å²) < 4.78 is 14.2. The van der Waals surface area contributed by atoms with Crippen molar-refractivity contribution in [2.45, 2.75) is 19.8 Å². The van der Waals surface area contributed by atoms with Crippen molar-refractivity contribution in [3.63, 3.8) is 0 Å². The number of piperidine rings is 1. The molecule has 4 rings (SSSR count). The van der Waals surface area contributed by atoms with Gasteiger partial charge in [-0.25, -0.2) is 9.37 Å². The molecule has 6 N–H and O–H groups in total. The number of hydrogen-bond donors (Lipinski definition) is 4. The van der Waals surface area contributed by atoms with E-state index >= 15 is 0 Å². The lowest BCUT2D eigenvalue weighted by Gasteiger charge is -2.32. The van der Waals surface area contributed by atoms with Crippen molar-refractivity contribution < 1.29 is 9.50 Å². The van der Waals surface area contributed by atoms with E-state index in [0.717, 1.165) is 37.3 Å². The standard InChI is InChI=1S/C23H27FN6O/c1-14-2-4-19(18(24)10-14)27-16-3-5-21(31)17(11-16)20-12-22(29-23(26)28-20)30-8-6-15(13-25)7-9-30/h2-5,10-12,15,27,31H,6-9,13,25H2,1H3,(H2,26,28,29). The summed E-state index contributed by atoms with van der Waals surface area (Å²) in [4.78, 5) is 10.9. The number of aromatic hydroxyl groups is 1. The second-order valence-corrected chi connectivity index (χ2v) is 7.98. The first-order chi connectivity index (χ1) is 14.9. The van der Waals surface area contributed by atoms with Crippen LogP contribution in [0, 0.1) is 18.7 Å². The zero-order chi connectivity index (χ0) is 22.0. The molecule has 2 aromatic carbocycles. The van der Waals surface area contributed by atoms with E-state index in [1.807, 2.05) is 19.1 Å². The number of anilines is 4. The Morgan fingerprint density at radius 1 is 1.13 bits per heavy atom. The van der Waals surface area contributed by atoms with Gasteiger partial charge in [0.15, 0.2) is 0 Å².